The molecule has 0 radical (unpaired) electrons. The number of nitrogen functional groups attached to an aromatic ring is 1. The number of benzene rings is 1. The van der Waals surface area contributed by atoms with E-state index in [0.717, 1.165) is 0 Å². The van der Waals surface area contributed by atoms with E-state index in [1.165, 1.54) is 32.4 Å². The molecule has 8 nitrogen and oxygen atoms in total. The fourth-order valence-electron chi connectivity index (χ4n) is 1.62. The van der Waals surface area contributed by atoms with Crippen molar-refractivity contribution in [1.82, 2.24) is 4.72 Å². The van der Waals surface area contributed by atoms with E-state index >= 15 is 0 Å². The zero-order valence-corrected chi connectivity index (χ0v) is 12.6. The molecule has 1 amide bonds. The van der Waals surface area contributed by atoms with Crippen LogP contribution in [0.2, 0.25) is 0 Å². The monoisotopic (exact) mass is 317 g/mol. The van der Waals surface area contributed by atoms with Gasteiger partial charge in [0.15, 0.2) is 0 Å². The molecule has 5 N–H and O–H groups in total. The molecule has 1 unspecified atom stereocenters. The molecule has 0 spiro atoms. The summed E-state index contributed by atoms with van der Waals surface area (Å²) in [5.41, 5.74) is 10.8. The van der Waals surface area contributed by atoms with Crippen LogP contribution in [0.15, 0.2) is 23.1 Å². The molecule has 1 rings (SSSR count). The van der Waals surface area contributed by atoms with Crippen molar-refractivity contribution >= 4 is 21.6 Å². The Morgan fingerprint density at radius 1 is 1.38 bits per heavy atom. The molecular formula is C12H19N3O5S. The van der Waals surface area contributed by atoms with Gasteiger partial charge in [-0.1, -0.05) is 0 Å². The van der Waals surface area contributed by atoms with Crippen molar-refractivity contribution in [2.75, 3.05) is 33.1 Å². The molecular weight excluding hydrogens is 298 g/mol. The molecule has 0 aromatic heterocycles. The van der Waals surface area contributed by atoms with Gasteiger partial charge in [-0.25, -0.2) is 13.1 Å². The lowest BCUT2D eigenvalue weighted by Gasteiger charge is -2.16. The third kappa shape index (κ3) is 4.67. The predicted molar refractivity (Wildman–Crippen MR) is 77.2 cm³/mol. The van der Waals surface area contributed by atoms with E-state index in [2.05, 4.69) is 4.72 Å². The SMILES string of the molecule is COCC(CNS(=O)(=O)c1ccc(C(N)=O)cc1N)OC. The lowest BCUT2D eigenvalue weighted by atomic mass is 10.2. The van der Waals surface area contributed by atoms with E-state index in [1.54, 1.807) is 0 Å². The second-order valence-electron chi connectivity index (χ2n) is 4.28. The lowest BCUT2D eigenvalue weighted by Crippen LogP contribution is -2.35. The molecule has 0 bridgehead atoms. The predicted octanol–water partition coefficient (Wildman–Crippen LogP) is -0.693. The zero-order chi connectivity index (χ0) is 16.0. The second-order valence-corrected chi connectivity index (χ2v) is 6.02. The van der Waals surface area contributed by atoms with E-state index < -0.39 is 22.0 Å². The standard InChI is InChI=1S/C12H19N3O5S/c1-19-7-9(20-2)6-15-21(17,18)11-4-3-8(12(14)16)5-10(11)13/h3-5,9,15H,6-7,13H2,1-2H3,(H2,14,16). The average molecular weight is 317 g/mol. The van der Waals surface area contributed by atoms with Gasteiger partial charge in [0.05, 0.1) is 18.4 Å². The van der Waals surface area contributed by atoms with Crippen molar-refractivity contribution in [2.45, 2.75) is 11.0 Å². The maximum atomic E-state index is 12.2. The van der Waals surface area contributed by atoms with Gasteiger partial charge in [0.2, 0.25) is 15.9 Å². The summed E-state index contributed by atoms with van der Waals surface area (Å²) in [6.07, 6.45) is -0.420. The first kappa shape index (κ1) is 17.4. The summed E-state index contributed by atoms with van der Waals surface area (Å²) < 4.78 is 36.6. The van der Waals surface area contributed by atoms with Crippen LogP contribution in [0, 0.1) is 0 Å². The van der Waals surface area contributed by atoms with E-state index in [-0.39, 0.29) is 29.3 Å². The number of anilines is 1. The molecule has 0 fully saturated rings. The van der Waals surface area contributed by atoms with E-state index in [1.807, 2.05) is 0 Å². The number of primary amides is 1. The molecule has 0 aliphatic rings. The highest BCUT2D eigenvalue weighted by Crippen LogP contribution is 2.19. The molecule has 0 saturated carbocycles. The van der Waals surface area contributed by atoms with Crippen molar-refractivity contribution in [3.8, 4) is 0 Å². The molecule has 1 aromatic carbocycles. The Hall–Kier alpha value is -1.68. The maximum Gasteiger partial charge on any atom is 0.248 e. The number of hydrogen-bond acceptors (Lipinski definition) is 6. The topological polar surface area (TPSA) is 134 Å². The maximum absolute atomic E-state index is 12.2. The van der Waals surface area contributed by atoms with Crippen LogP contribution in [-0.2, 0) is 19.5 Å². The third-order valence-corrected chi connectivity index (χ3v) is 4.27. The van der Waals surface area contributed by atoms with Crippen molar-refractivity contribution in [3.05, 3.63) is 23.8 Å². The number of amides is 1. The number of carbonyl (C=O) groups excluding carboxylic acids is 1. The van der Waals surface area contributed by atoms with Gasteiger partial charge in [-0.05, 0) is 18.2 Å². The molecule has 118 valence electrons. The van der Waals surface area contributed by atoms with Crippen molar-refractivity contribution in [1.29, 1.82) is 0 Å². The van der Waals surface area contributed by atoms with E-state index in [0.29, 0.717) is 0 Å². The summed E-state index contributed by atoms with van der Waals surface area (Å²) in [5.74, 6) is -0.682. The number of methoxy groups -OCH3 is 2. The molecule has 0 aliphatic carbocycles. The molecule has 1 atom stereocenters. The van der Waals surface area contributed by atoms with Gasteiger partial charge >= 0.3 is 0 Å². The van der Waals surface area contributed by atoms with E-state index in [9.17, 15) is 13.2 Å². The average Bonchev–Trinajstić information content (AvgIpc) is 2.42. The van der Waals surface area contributed by atoms with Crippen LogP contribution in [-0.4, -0.2) is 47.8 Å². The fraction of sp³-hybridized carbons (Fsp3) is 0.417. The largest absolute Gasteiger partial charge is 0.398 e. The molecule has 0 heterocycles. The summed E-state index contributed by atoms with van der Waals surface area (Å²) in [6.45, 7) is 0.277. The quantitative estimate of drug-likeness (QED) is 0.543. The first-order valence-corrected chi connectivity index (χ1v) is 7.51. The number of sulfonamides is 1. The molecule has 0 aliphatic heterocycles. The van der Waals surface area contributed by atoms with Crippen molar-refractivity contribution in [3.63, 3.8) is 0 Å². The van der Waals surface area contributed by atoms with Gasteiger partial charge < -0.3 is 20.9 Å². The minimum absolute atomic E-state index is 0.0314. The van der Waals surface area contributed by atoms with Crippen LogP contribution in [0.3, 0.4) is 0 Å². The van der Waals surface area contributed by atoms with Gasteiger partial charge in [0.25, 0.3) is 0 Å². The van der Waals surface area contributed by atoms with Crippen LogP contribution in [0.1, 0.15) is 10.4 Å². The van der Waals surface area contributed by atoms with Gasteiger partial charge in [-0.2, -0.15) is 0 Å². The van der Waals surface area contributed by atoms with Crippen LogP contribution in [0.4, 0.5) is 5.69 Å². The number of ether oxygens (including phenoxy) is 2. The first-order valence-electron chi connectivity index (χ1n) is 6.02. The van der Waals surface area contributed by atoms with Crippen molar-refractivity contribution in [2.24, 2.45) is 5.73 Å². The molecule has 9 heteroatoms. The highest BCUT2D eigenvalue weighted by molar-refractivity contribution is 7.89. The zero-order valence-electron chi connectivity index (χ0n) is 11.8. The Kier molecular flexibility index (Phi) is 6.09. The summed E-state index contributed by atoms with van der Waals surface area (Å²) >= 11 is 0. The number of hydrogen-bond donors (Lipinski definition) is 3. The van der Waals surface area contributed by atoms with Crippen molar-refractivity contribution < 1.29 is 22.7 Å². The minimum atomic E-state index is -3.82. The van der Waals surface area contributed by atoms with Gasteiger partial charge in [-0.15, -0.1) is 0 Å². The Morgan fingerprint density at radius 2 is 2.05 bits per heavy atom. The summed E-state index contributed by atoms with van der Waals surface area (Å²) in [4.78, 5) is 10.9. The Labute approximate surface area is 123 Å². The minimum Gasteiger partial charge on any atom is -0.398 e. The number of nitrogens with one attached hydrogen (secondary N) is 1. The van der Waals surface area contributed by atoms with Crippen LogP contribution < -0.4 is 16.2 Å². The number of carbonyl (C=O) groups is 1. The highest BCUT2D eigenvalue weighted by Gasteiger charge is 2.20. The molecule has 1 aromatic rings. The third-order valence-electron chi connectivity index (χ3n) is 2.77. The Balaban J connectivity index is 2.90. The highest BCUT2D eigenvalue weighted by atomic mass is 32.2. The van der Waals surface area contributed by atoms with Gasteiger partial charge in [0, 0.05) is 26.3 Å². The van der Waals surface area contributed by atoms with Gasteiger partial charge in [0.1, 0.15) is 4.90 Å². The normalized spacial score (nSPS) is 13.0. The number of rotatable bonds is 8. The van der Waals surface area contributed by atoms with Crippen LogP contribution in [0.5, 0.6) is 0 Å². The summed E-state index contributed by atoms with van der Waals surface area (Å²) in [7, 11) is -0.880. The Bertz CT molecular complexity index is 603. The first-order chi connectivity index (χ1) is 9.81. The Morgan fingerprint density at radius 3 is 2.52 bits per heavy atom. The fourth-order valence-corrected chi connectivity index (χ4v) is 2.80. The van der Waals surface area contributed by atoms with E-state index in [4.69, 9.17) is 20.9 Å². The van der Waals surface area contributed by atoms with Crippen LogP contribution >= 0.6 is 0 Å². The van der Waals surface area contributed by atoms with Crippen LogP contribution in [0.25, 0.3) is 0 Å². The summed E-state index contributed by atoms with van der Waals surface area (Å²) in [5, 5.41) is 0. The smallest absolute Gasteiger partial charge is 0.248 e. The summed E-state index contributed by atoms with van der Waals surface area (Å²) in [6, 6.07) is 3.76. The lowest BCUT2D eigenvalue weighted by molar-refractivity contribution is 0.0320. The van der Waals surface area contributed by atoms with Gasteiger partial charge in [-0.3, -0.25) is 4.79 Å². The molecule has 21 heavy (non-hydrogen) atoms. The second kappa shape index (κ2) is 7.36. The number of nitrogens with two attached hydrogens (primary N) is 2. The molecule has 0 saturated heterocycles.